The van der Waals surface area contributed by atoms with E-state index in [-0.39, 0.29) is 24.8 Å². The van der Waals surface area contributed by atoms with E-state index < -0.39 is 0 Å². The lowest BCUT2D eigenvalue weighted by Crippen LogP contribution is -3.00. The first-order valence-corrected chi connectivity index (χ1v) is 5.90. The Balaban J connectivity index is 0.000000182. The summed E-state index contributed by atoms with van der Waals surface area (Å²) in [5.74, 6) is 2.16. The summed E-state index contributed by atoms with van der Waals surface area (Å²) in [6.07, 6.45) is 3.80. The number of pyridine rings is 2. The van der Waals surface area contributed by atoms with E-state index >= 15 is 0 Å². The Morgan fingerprint density at radius 1 is 0.700 bits per heavy atom. The highest BCUT2D eigenvalue weighted by molar-refractivity contribution is 5.65. The minimum atomic E-state index is 0. The van der Waals surface area contributed by atoms with Crippen LogP contribution in [-0.4, -0.2) is 13.3 Å². The second-order valence-corrected chi connectivity index (χ2v) is 3.98. The molecule has 0 aliphatic carbocycles. The van der Waals surface area contributed by atoms with Gasteiger partial charge in [0, 0.05) is 0 Å². The molecule has 0 spiro atoms. The maximum atomic E-state index is 3.16. The van der Waals surface area contributed by atoms with Crippen molar-refractivity contribution in [3.63, 3.8) is 0 Å². The summed E-state index contributed by atoms with van der Waals surface area (Å²) in [5, 5.41) is 12.6. The number of halogens is 2. The Labute approximate surface area is 129 Å². The average Bonchev–Trinajstić information content (AvgIpc) is 3.08. The van der Waals surface area contributed by atoms with Crippen LogP contribution in [-0.2, 0) is 0 Å². The van der Waals surface area contributed by atoms with Crippen molar-refractivity contribution in [2.75, 3.05) is 34.6 Å². The van der Waals surface area contributed by atoms with Gasteiger partial charge in [-0.15, -0.1) is 0 Å². The number of aromatic amines is 2. The molecule has 2 aromatic rings. The Kier molecular flexibility index (Phi) is 6.14. The standard InChI is InChI=1S/2C6H7N3.2ClH/c2*1-2-5-6(7-3-1)9-4-8-5;;/h2*1-3,8H,4H2,(H,7,9);2*1H. The van der Waals surface area contributed by atoms with Crippen LogP contribution in [0.1, 0.15) is 0 Å². The fourth-order valence-corrected chi connectivity index (χ4v) is 1.92. The van der Waals surface area contributed by atoms with E-state index in [1.165, 1.54) is 0 Å². The fraction of sp³-hybridized carbons (Fsp3) is 0.167. The molecule has 0 unspecified atom stereocenters. The second-order valence-electron chi connectivity index (χ2n) is 3.98. The molecule has 0 fully saturated rings. The van der Waals surface area contributed by atoms with Crippen LogP contribution < -0.4 is 56.0 Å². The maximum absolute atomic E-state index is 3.16. The van der Waals surface area contributed by atoms with Gasteiger partial charge in [-0.25, -0.2) is 9.97 Å². The highest BCUT2D eigenvalue weighted by Gasteiger charge is 2.14. The molecule has 4 rings (SSSR count). The lowest BCUT2D eigenvalue weighted by Gasteiger charge is -1.86. The molecular formula is C12H16Cl2N6. The molecule has 0 bridgehead atoms. The van der Waals surface area contributed by atoms with Gasteiger partial charge in [0.2, 0.25) is 0 Å². The van der Waals surface area contributed by atoms with Gasteiger partial charge in [0.15, 0.2) is 13.3 Å². The van der Waals surface area contributed by atoms with Gasteiger partial charge >= 0.3 is 0 Å². The highest BCUT2D eigenvalue weighted by atomic mass is 35.5. The van der Waals surface area contributed by atoms with Crippen LogP contribution in [0, 0.1) is 0 Å². The molecule has 6 nitrogen and oxygen atoms in total. The van der Waals surface area contributed by atoms with Gasteiger partial charge in [-0.05, 0) is 24.3 Å². The van der Waals surface area contributed by atoms with E-state index in [1.54, 1.807) is 0 Å². The highest BCUT2D eigenvalue weighted by Crippen LogP contribution is 2.18. The lowest BCUT2D eigenvalue weighted by atomic mass is 10.4. The monoisotopic (exact) mass is 314 g/mol. The topological polar surface area (TPSA) is 76.4 Å². The van der Waals surface area contributed by atoms with Crippen molar-refractivity contribution >= 4 is 23.0 Å². The molecule has 0 radical (unpaired) electrons. The zero-order chi connectivity index (χ0) is 12.2. The number of hydrogen-bond acceptors (Lipinski definition) is 4. The predicted molar refractivity (Wildman–Crippen MR) is 70.2 cm³/mol. The molecule has 8 heteroatoms. The van der Waals surface area contributed by atoms with Crippen LogP contribution in [0.4, 0.5) is 23.0 Å². The number of hydrogen-bond donors (Lipinski definition) is 4. The van der Waals surface area contributed by atoms with E-state index in [1.807, 2.05) is 36.7 Å². The first-order chi connectivity index (χ1) is 8.93. The summed E-state index contributed by atoms with van der Waals surface area (Å²) in [5.41, 5.74) is 2.30. The molecule has 0 aromatic carbocycles. The molecule has 4 heterocycles. The lowest BCUT2D eigenvalue weighted by molar-refractivity contribution is -0.360. The van der Waals surface area contributed by atoms with Crippen molar-refractivity contribution < 1.29 is 34.8 Å². The van der Waals surface area contributed by atoms with Crippen LogP contribution in [0.3, 0.4) is 0 Å². The smallest absolute Gasteiger partial charge is 0.297 e. The predicted octanol–water partition coefficient (Wildman–Crippen LogP) is -5.40. The molecule has 6 N–H and O–H groups in total. The van der Waals surface area contributed by atoms with Gasteiger partial charge in [0.1, 0.15) is 11.4 Å². The molecule has 2 aliphatic heterocycles. The summed E-state index contributed by atoms with van der Waals surface area (Å²) in [6, 6.07) is 8.01. The summed E-state index contributed by atoms with van der Waals surface area (Å²) in [7, 11) is 0. The third-order valence-electron chi connectivity index (χ3n) is 2.80. The SMILES string of the molecule is [Cl-].[Cl-].c1c[nH+]c2c(c1)NCN2.c1c[nH+]c2c(c1)NCN2. The molecule has 108 valence electrons. The largest absolute Gasteiger partial charge is 1.00 e. The van der Waals surface area contributed by atoms with E-state index in [9.17, 15) is 0 Å². The first-order valence-electron chi connectivity index (χ1n) is 5.90. The van der Waals surface area contributed by atoms with Gasteiger partial charge in [0.05, 0.1) is 12.4 Å². The number of H-pyrrole nitrogens is 2. The number of aromatic nitrogens is 2. The molecule has 0 saturated carbocycles. The Hall–Kier alpha value is -1.92. The van der Waals surface area contributed by atoms with Gasteiger partial charge in [-0.1, -0.05) is 0 Å². The molecular weight excluding hydrogens is 299 g/mol. The van der Waals surface area contributed by atoms with Crippen molar-refractivity contribution in [1.82, 2.24) is 0 Å². The van der Waals surface area contributed by atoms with E-state index in [0.717, 1.165) is 36.3 Å². The fourth-order valence-electron chi connectivity index (χ4n) is 1.92. The molecule has 2 aromatic heterocycles. The van der Waals surface area contributed by atoms with Crippen LogP contribution >= 0.6 is 0 Å². The van der Waals surface area contributed by atoms with Gasteiger partial charge in [-0.3, -0.25) is 10.6 Å². The minimum Gasteiger partial charge on any atom is -1.00 e. The summed E-state index contributed by atoms with van der Waals surface area (Å²) >= 11 is 0. The maximum Gasteiger partial charge on any atom is 0.297 e. The third-order valence-corrected chi connectivity index (χ3v) is 2.80. The second kappa shape index (κ2) is 7.62. The van der Waals surface area contributed by atoms with E-state index in [0.29, 0.717) is 0 Å². The third kappa shape index (κ3) is 3.55. The molecule has 0 amide bonds. The number of fused-ring (bicyclic) bond motifs is 2. The normalized spacial score (nSPS) is 12.4. The number of rotatable bonds is 0. The van der Waals surface area contributed by atoms with Crippen LogP contribution in [0.25, 0.3) is 0 Å². The van der Waals surface area contributed by atoms with Gasteiger partial charge < -0.3 is 35.4 Å². The van der Waals surface area contributed by atoms with Gasteiger partial charge in [0.25, 0.3) is 11.6 Å². The van der Waals surface area contributed by atoms with E-state index in [4.69, 9.17) is 0 Å². The average molecular weight is 315 g/mol. The Morgan fingerprint density at radius 2 is 1.15 bits per heavy atom. The quantitative estimate of drug-likeness (QED) is 0.392. The Bertz CT molecular complexity index is 455. The van der Waals surface area contributed by atoms with Crippen LogP contribution in [0.15, 0.2) is 36.7 Å². The first kappa shape index (κ1) is 16.1. The molecule has 0 saturated heterocycles. The minimum absolute atomic E-state index is 0. The summed E-state index contributed by atoms with van der Waals surface area (Å²) in [4.78, 5) is 6.15. The number of anilines is 4. The summed E-state index contributed by atoms with van der Waals surface area (Å²) in [6.45, 7) is 1.66. The zero-order valence-corrected chi connectivity index (χ0v) is 12.1. The molecule has 0 atom stereocenters. The van der Waals surface area contributed by atoms with E-state index in [2.05, 4.69) is 31.2 Å². The van der Waals surface area contributed by atoms with Crippen molar-refractivity contribution in [3.8, 4) is 0 Å². The zero-order valence-electron chi connectivity index (χ0n) is 10.6. The van der Waals surface area contributed by atoms with Gasteiger partial charge in [-0.2, -0.15) is 0 Å². The number of nitrogens with one attached hydrogen (secondary N) is 6. The van der Waals surface area contributed by atoms with Crippen LogP contribution in [0.5, 0.6) is 0 Å². The van der Waals surface area contributed by atoms with Crippen molar-refractivity contribution in [2.45, 2.75) is 0 Å². The van der Waals surface area contributed by atoms with Crippen LogP contribution in [0.2, 0.25) is 0 Å². The Morgan fingerprint density at radius 3 is 1.55 bits per heavy atom. The summed E-state index contributed by atoms with van der Waals surface area (Å²) < 4.78 is 0. The van der Waals surface area contributed by atoms with Crippen molar-refractivity contribution in [3.05, 3.63) is 36.7 Å². The molecule has 2 aliphatic rings. The van der Waals surface area contributed by atoms with Crippen molar-refractivity contribution in [1.29, 1.82) is 0 Å². The molecule has 20 heavy (non-hydrogen) atoms. The van der Waals surface area contributed by atoms with Crippen molar-refractivity contribution in [2.24, 2.45) is 0 Å².